The van der Waals surface area contributed by atoms with E-state index in [2.05, 4.69) is 20.8 Å². The quantitative estimate of drug-likeness (QED) is 0.123. The molecule has 3 aromatic rings. The van der Waals surface area contributed by atoms with Crippen molar-refractivity contribution >= 4 is 17.2 Å². The van der Waals surface area contributed by atoms with E-state index in [1.807, 2.05) is 66.7 Å². The third-order valence-corrected chi connectivity index (χ3v) is 10.0. The molecule has 0 saturated carbocycles. The summed E-state index contributed by atoms with van der Waals surface area (Å²) in [5.74, 6) is 0.950. The second-order valence-electron chi connectivity index (χ2n) is 13.5. The van der Waals surface area contributed by atoms with Crippen molar-refractivity contribution in [3.63, 3.8) is 0 Å². The largest absolute Gasteiger partial charge is 0.491 e. The molecule has 0 N–H and O–H groups in total. The van der Waals surface area contributed by atoms with Crippen LogP contribution in [0.15, 0.2) is 72.3 Å². The summed E-state index contributed by atoms with van der Waals surface area (Å²) in [6, 6.07) is 21.5. The third kappa shape index (κ3) is 11.2. The van der Waals surface area contributed by atoms with Gasteiger partial charge in [-0.1, -0.05) is 145 Å². The minimum Gasteiger partial charge on any atom is -0.491 e. The smallest absolute Gasteiger partial charge is 0.412 e. The van der Waals surface area contributed by atoms with E-state index in [0.717, 1.165) is 60.1 Å². The molecule has 3 aromatic carbocycles. The van der Waals surface area contributed by atoms with E-state index in [1.165, 1.54) is 57.8 Å². The zero-order valence-corrected chi connectivity index (χ0v) is 29.5. The van der Waals surface area contributed by atoms with Gasteiger partial charge in [-0.15, -0.1) is 0 Å². The Morgan fingerprint density at radius 2 is 1.34 bits per heavy atom. The zero-order chi connectivity index (χ0) is 33.6. The molecule has 0 spiro atoms. The molecule has 1 aliphatic carbocycles. The summed E-state index contributed by atoms with van der Waals surface area (Å²) in [5, 5.41) is 0.630. The highest BCUT2D eigenvalue weighted by atomic mass is 35.5. The highest BCUT2D eigenvalue weighted by Crippen LogP contribution is 2.45. The van der Waals surface area contributed by atoms with Crippen LogP contribution in [0.25, 0.3) is 27.8 Å². The fourth-order valence-electron chi connectivity index (χ4n) is 7.01. The van der Waals surface area contributed by atoms with E-state index in [-0.39, 0.29) is 24.0 Å². The van der Waals surface area contributed by atoms with Gasteiger partial charge in [-0.25, -0.2) is 0 Å². The van der Waals surface area contributed by atoms with E-state index < -0.39 is 6.18 Å². The topological polar surface area (TPSA) is 9.23 Å². The van der Waals surface area contributed by atoms with Crippen molar-refractivity contribution in [2.75, 3.05) is 0 Å². The van der Waals surface area contributed by atoms with Crippen molar-refractivity contribution in [3.8, 4) is 28.0 Å². The first-order valence-electron chi connectivity index (χ1n) is 18.2. The minimum absolute atomic E-state index is 0.116. The molecule has 0 radical (unpaired) electrons. The molecule has 0 heterocycles. The van der Waals surface area contributed by atoms with Crippen molar-refractivity contribution in [1.82, 2.24) is 0 Å². The Morgan fingerprint density at radius 1 is 0.745 bits per heavy atom. The average Bonchev–Trinajstić information content (AvgIpc) is 3.06. The van der Waals surface area contributed by atoms with Gasteiger partial charge in [-0.3, -0.25) is 0 Å². The highest BCUT2D eigenvalue weighted by molar-refractivity contribution is 6.34. The summed E-state index contributed by atoms with van der Waals surface area (Å²) in [5.41, 5.74) is 4.55. The average molecular weight is 667 g/mol. The van der Waals surface area contributed by atoms with Gasteiger partial charge in [-0.05, 0) is 91.0 Å². The van der Waals surface area contributed by atoms with Crippen molar-refractivity contribution in [1.29, 1.82) is 0 Å². The van der Waals surface area contributed by atoms with Crippen molar-refractivity contribution in [3.05, 3.63) is 82.9 Å². The Balaban J connectivity index is 1.46. The molecule has 0 aliphatic heterocycles. The maximum atomic E-state index is 14.3. The zero-order valence-electron chi connectivity index (χ0n) is 28.7. The van der Waals surface area contributed by atoms with Crippen molar-refractivity contribution in [2.45, 2.75) is 136 Å². The van der Waals surface area contributed by atoms with Gasteiger partial charge in [0, 0.05) is 16.2 Å². The van der Waals surface area contributed by atoms with Gasteiger partial charge in [-0.2, -0.15) is 13.2 Å². The Kier molecular flexibility index (Phi) is 14.8. The van der Waals surface area contributed by atoms with Crippen LogP contribution in [-0.2, 0) is 0 Å². The van der Waals surface area contributed by atoms with Crippen LogP contribution in [0.3, 0.4) is 0 Å². The summed E-state index contributed by atoms with van der Waals surface area (Å²) in [4.78, 5) is 0. The maximum Gasteiger partial charge on any atom is 0.412 e. The lowest BCUT2D eigenvalue weighted by Crippen LogP contribution is -2.21. The Hall–Kier alpha value is -2.72. The first-order valence-corrected chi connectivity index (χ1v) is 18.5. The number of hydrogen-bond donors (Lipinski definition) is 0. The standard InChI is InChI=1S/C42H54ClF3O/c1-4-6-8-10-11-12-14-17-32-20-29-37(39(30-32)42(44,45)46)33-21-23-34(24-22-33)38-18-15-19-40(43)41(38)35-25-27-36(28-26-35)47-31(3)16-13-9-7-5-2/h15,18-19,21-28,31-32H,4-14,16-17,20,29-30H2,1-3H3/t31-,32?/m1/s1. The molecule has 0 saturated heterocycles. The number of benzene rings is 3. The molecule has 2 atom stereocenters. The summed E-state index contributed by atoms with van der Waals surface area (Å²) >= 11 is 6.77. The Morgan fingerprint density at radius 3 is 2.00 bits per heavy atom. The molecule has 1 unspecified atom stereocenters. The monoisotopic (exact) mass is 666 g/mol. The van der Waals surface area contributed by atoms with Gasteiger partial charge in [0.1, 0.15) is 5.75 Å². The Bertz CT molecular complexity index is 1390. The third-order valence-electron chi connectivity index (χ3n) is 9.72. The van der Waals surface area contributed by atoms with E-state index in [9.17, 15) is 13.2 Å². The first kappa shape index (κ1) is 37.1. The molecule has 0 amide bonds. The second-order valence-corrected chi connectivity index (χ2v) is 13.9. The van der Waals surface area contributed by atoms with Crippen LogP contribution in [-0.4, -0.2) is 12.3 Å². The van der Waals surface area contributed by atoms with E-state index >= 15 is 0 Å². The molecular formula is C42H54ClF3O. The fraction of sp³-hybridized carbons (Fsp3) is 0.524. The van der Waals surface area contributed by atoms with Gasteiger partial charge in [0.2, 0.25) is 0 Å². The van der Waals surface area contributed by atoms with Crippen LogP contribution in [0, 0.1) is 5.92 Å². The predicted octanol–water partition coefficient (Wildman–Crippen LogP) is 14.7. The molecule has 1 nitrogen and oxygen atoms in total. The van der Waals surface area contributed by atoms with E-state index in [4.69, 9.17) is 16.3 Å². The highest BCUT2D eigenvalue weighted by Gasteiger charge is 2.39. The minimum atomic E-state index is -4.31. The van der Waals surface area contributed by atoms with Crippen LogP contribution >= 0.6 is 11.6 Å². The predicted molar refractivity (Wildman–Crippen MR) is 194 cm³/mol. The molecule has 4 rings (SSSR count). The number of hydrogen-bond acceptors (Lipinski definition) is 1. The van der Waals surface area contributed by atoms with Crippen LogP contribution in [0.1, 0.15) is 129 Å². The van der Waals surface area contributed by atoms with E-state index in [0.29, 0.717) is 22.6 Å². The molecule has 0 bridgehead atoms. The number of allylic oxidation sites excluding steroid dienone is 2. The molecular weight excluding hydrogens is 613 g/mol. The number of alkyl halides is 3. The van der Waals surface area contributed by atoms with Gasteiger partial charge >= 0.3 is 6.18 Å². The van der Waals surface area contributed by atoms with Gasteiger partial charge in [0.05, 0.1) is 6.10 Å². The molecule has 1 aliphatic rings. The SMILES string of the molecule is CCCCCCCCCC1CCC(c2ccc(-c3cccc(Cl)c3-c3ccc(O[C@H](C)CCCCCC)cc3)cc2)=C(C(F)(F)F)C1. The van der Waals surface area contributed by atoms with Crippen LogP contribution in [0.4, 0.5) is 13.2 Å². The molecule has 256 valence electrons. The first-order chi connectivity index (χ1) is 22.7. The summed E-state index contributed by atoms with van der Waals surface area (Å²) in [6.07, 6.45) is 12.4. The molecule has 0 fully saturated rings. The number of rotatable bonds is 18. The van der Waals surface area contributed by atoms with Crippen LogP contribution in [0.5, 0.6) is 5.75 Å². The molecule has 5 heteroatoms. The number of unbranched alkanes of at least 4 members (excludes halogenated alkanes) is 9. The molecule has 0 aromatic heterocycles. The molecule has 47 heavy (non-hydrogen) atoms. The van der Waals surface area contributed by atoms with Crippen molar-refractivity contribution < 1.29 is 17.9 Å². The lowest BCUT2D eigenvalue weighted by Gasteiger charge is -2.29. The van der Waals surface area contributed by atoms with Crippen molar-refractivity contribution in [2.24, 2.45) is 5.92 Å². The van der Waals surface area contributed by atoms with Gasteiger partial charge in [0.15, 0.2) is 0 Å². The normalized spacial score (nSPS) is 16.0. The fourth-order valence-corrected chi connectivity index (χ4v) is 7.30. The second kappa shape index (κ2) is 18.7. The summed E-state index contributed by atoms with van der Waals surface area (Å²) < 4.78 is 49.2. The van der Waals surface area contributed by atoms with Gasteiger partial charge in [0.25, 0.3) is 0 Å². The van der Waals surface area contributed by atoms with Crippen LogP contribution < -0.4 is 4.74 Å². The summed E-state index contributed by atoms with van der Waals surface area (Å²) in [7, 11) is 0. The van der Waals surface area contributed by atoms with Crippen LogP contribution in [0.2, 0.25) is 5.02 Å². The summed E-state index contributed by atoms with van der Waals surface area (Å²) in [6.45, 7) is 6.54. The van der Waals surface area contributed by atoms with Gasteiger partial charge < -0.3 is 4.74 Å². The lowest BCUT2D eigenvalue weighted by molar-refractivity contribution is -0.0957. The van der Waals surface area contributed by atoms with E-state index in [1.54, 1.807) is 0 Å². The number of halogens is 4. The lowest BCUT2D eigenvalue weighted by atomic mass is 9.78. The maximum absolute atomic E-state index is 14.3. The Labute approximate surface area is 287 Å². The number of ether oxygens (including phenoxy) is 1.